The molecular formula is C32H42N4O6. The van der Waals surface area contributed by atoms with Gasteiger partial charge in [-0.3, -0.25) is 19.3 Å². The maximum atomic E-state index is 14.7. The monoisotopic (exact) mass is 578 g/mol. The van der Waals surface area contributed by atoms with Gasteiger partial charge in [0.2, 0.25) is 17.7 Å². The highest BCUT2D eigenvalue weighted by Crippen LogP contribution is 2.58. The fourth-order valence-corrected chi connectivity index (χ4v) is 7.69. The van der Waals surface area contributed by atoms with Crippen molar-refractivity contribution in [3.63, 3.8) is 0 Å². The molecule has 5 aliphatic rings. The van der Waals surface area contributed by atoms with E-state index in [4.69, 9.17) is 9.47 Å². The third-order valence-electron chi connectivity index (χ3n) is 9.87. The van der Waals surface area contributed by atoms with Crippen LogP contribution in [0.2, 0.25) is 0 Å². The number of aliphatic hydroxyl groups is 1. The summed E-state index contributed by atoms with van der Waals surface area (Å²) in [7, 11) is 1.74. The lowest BCUT2D eigenvalue weighted by atomic mass is 9.73. The third kappa shape index (κ3) is 4.69. The molecule has 0 saturated carbocycles. The number of nitrogens with zero attached hydrogens (tertiary/aromatic N) is 4. The number of aliphatic hydroxyl groups excluding tert-OH is 1. The fraction of sp³-hybridized carbons (Fsp3) is 0.594. The van der Waals surface area contributed by atoms with Crippen molar-refractivity contribution in [2.24, 2.45) is 11.8 Å². The van der Waals surface area contributed by atoms with Gasteiger partial charge in [0.15, 0.2) is 0 Å². The Balaban J connectivity index is 1.41. The van der Waals surface area contributed by atoms with Gasteiger partial charge in [-0.25, -0.2) is 0 Å². The van der Waals surface area contributed by atoms with Crippen molar-refractivity contribution in [2.75, 3.05) is 66.1 Å². The maximum absolute atomic E-state index is 14.7. The molecule has 0 bridgehead atoms. The number of morpholine rings is 1. The van der Waals surface area contributed by atoms with E-state index in [0.29, 0.717) is 52.2 Å². The number of hydrogen-bond acceptors (Lipinski definition) is 7. The van der Waals surface area contributed by atoms with Gasteiger partial charge in [-0.1, -0.05) is 61.6 Å². The van der Waals surface area contributed by atoms with Gasteiger partial charge in [0.05, 0.1) is 43.3 Å². The Morgan fingerprint density at radius 3 is 2.40 bits per heavy atom. The standard InChI is InChI=1S/C32H42N4O6/c1-3-31-11-7-13-33(2)28(38)25(31)26-29(39)36(24(22-37)21-23-9-5-4-6-10-23)27-30(40)35(14-8-12-32(26,27)42-31)16-15-34-17-19-41-20-18-34/h4-12,24-27,37H,3,13-22H2,1-2H3/t24-,25+,26+,27?,31-,32+/m1/s1. The summed E-state index contributed by atoms with van der Waals surface area (Å²) in [5.41, 5.74) is -1.38. The first-order valence-corrected chi connectivity index (χ1v) is 15.2. The number of rotatable bonds is 8. The smallest absolute Gasteiger partial charge is 0.249 e. The Bertz CT molecular complexity index is 1250. The van der Waals surface area contributed by atoms with Gasteiger partial charge in [0.1, 0.15) is 11.6 Å². The molecule has 1 aromatic rings. The van der Waals surface area contributed by atoms with Crippen LogP contribution in [0.15, 0.2) is 54.6 Å². The van der Waals surface area contributed by atoms with Crippen molar-refractivity contribution in [2.45, 2.75) is 43.1 Å². The van der Waals surface area contributed by atoms with Crippen LogP contribution >= 0.6 is 0 Å². The van der Waals surface area contributed by atoms with E-state index in [0.717, 1.165) is 18.7 Å². The first-order chi connectivity index (χ1) is 20.3. The van der Waals surface area contributed by atoms with Crippen molar-refractivity contribution in [3.8, 4) is 0 Å². The van der Waals surface area contributed by atoms with Gasteiger partial charge in [-0.05, 0) is 18.4 Å². The van der Waals surface area contributed by atoms with Crippen molar-refractivity contribution in [1.82, 2.24) is 19.6 Å². The molecule has 42 heavy (non-hydrogen) atoms. The molecule has 0 aromatic heterocycles. The number of fused-ring (bicyclic) bond motifs is 2. The molecule has 1 N–H and O–H groups in total. The number of amides is 3. The van der Waals surface area contributed by atoms with Crippen LogP contribution in [-0.4, -0.2) is 132 Å². The SMILES string of the molecule is CC[C@@]12C=CCN(C)C(=O)[C@@H]1[C@H]1C(=O)N([C@@H](CO)Cc3ccccc3)C3C(=O)N(CCN4CCOCC4)CC=C[C@@]31O2. The molecule has 10 heteroatoms. The Labute approximate surface area is 247 Å². The molecule has 1 unspecified atom stereocenters. The van der Waals surface area contributed by atoms with Gasteiger partial charge >= 0.3 is 0 Å². The number of ether oxygens (including phenoxy) is 2. The summed E-state index contributed by atoms with van der Waals surface area (Å²) in [5, 5.41) is 10.7. The minimum atomic E-state index is -1.33. The zero-order valence-electron chi connectivity index (χ0n) is 24.6. The minimum absolute atomic E-state index is 0.157. The van der Waals surface area contributed by atoms with Crippen LogP contribution in [0.1, 0.15) is 18.9 Å². The second kappa shape index (κ2) is 11.6. The Morgan fingerprint density at radius 2 is 1.69 bits per heavy atom. The molecule has 6 rings (SSSR count). The Hall–Kier alpha value is -3.05. The quantitative estimate of drug-likeness (QED) is 0.454. The first kappa shape index (κ1) is 29.0. The summed E-state index contributed by atoms with van der Waals surface area (Å²) < 4.78 is 12.5. The van der Waals surface area contributed by atoms with E-state index >= 15 is 0 Å². The van der Waals surface area contributed by atoms with E-state index in [9.17, 15) is 19.5 Å². The molecule has 10 nitrogen and oxygen atoms in total. The molecule has 0 aliphatic carbocycles. The number of likely N-dealkylation sites (tertiary alicyclic amines) is 1. The summed E-state index contributed by atoms with van der Waals surface area (Å²) in [5.74, 6) is -2.33. The summed E-state index contributed by atoms with van der Waals surface area (Å²) >= 11 is 0. The van der Waals surface area contributed by atoms with Crippen molar-refractivity contribution >= 4 is 17.7 Å². The molecular weight excluding hydrogens is 536 g/mol. The van der Waals surface area contributed by atoms with Crippen LogP contribution in [-0.2, 0) is 30.3 Å². The van der Waals surface area contributed by atoms with Crippen LogP contribution in [0, 0.1) is 11.8 Å². The zero-order valence-corrected chi connectivity index (χ0v) is 24.6. The number of benzene rings is 1. The highest BCUT2D eigenvalue weighted by molar-refractivity contribution is 6.00. The van der Waals surface area contributed by atoms with E-state index in [1.807, 2.05) is 61.6 Å². The molecule has 3 amide bonds. The topological polar surface area (TPSA) is 103 Å². The minimum Gasteiger partial charge on any atom is -0.394 e. The zero-order chi connectivity index (χ0) is 29.5. The number of likely N-dealkylation sites (N-methyl/N-ethyl adjacent to an activating group) is 1. The van der Waals surface area contributed by atoms with E-state index in [-0.39, 0.29) is 24.3 Å². The predicted octanol–water partition coefficient (Wildman–Crippen LogP) is 0.710. The number of carbonyl (C=O) groups excluding carboxylic acids is 3. The average Bonchev–Trinajstić information content (AvgIpc) is 3.32. The van der Waals surface area contributed by atoms with Crippen molar-refractivity contribution in [3.05, 3.63) is 60.2 Å². The molecule has 5 aliphatic heterocycles. The average molecular weight is 579 g/mol. The maximum Gasteiger partial charge on any atom is 0.249 e. The van der Waals surface area contributed by atoms with Gasteiger partial charge in [0.25, 0.3) is 0 Å². The van der Waals surface area contributed by atoms with Gasteiger partial charge in [-0.2, -0.15) is 0 Å². The van der Waals surface area contributed by atoms with Crippen molar-refractivity contribution < 1.29 is 29.0 Å². The van der Waals surface area contributed by atoms with Crippen LogP contribution < -0.4 is 0 Å². The van der Waals surface area contributed by atoms with E-state index in [1.165, 1.54) is 0 Å². The van der Waals surface area contributed by atoms with E-state index in [1.54, 1.807) is 21.7 Å². The van der Waals surface area contributed by atoms with Crippen LogP contribution in [0.3, 0.4) is 0 Å². The molecule has 226 valence electrons. The Morgan fingerprint density at radius 1 is 0.952 bits per heavy atom. The highest BCUT2D eigenvalue weighted by Gasteiger charge is 2.75. The molecule has 3 saturated heterocycles. The summed E-state index contributed by atoms with van der Waals surface area (Å²) in [4.78, 5) is 50.6. The lowest BCUT2D eigenvalue weighted by Crippen LogP contribution is -2.59. The summed E-state index contributed by atoms with van der Waals surface area (Å²) in [6.45, 7) is 6.62. The molecule has 3 fully saturated rings. The predicted molar refractivity (Wildman–Crippen MR) is 155 cm³/mol. The largest absolute Gasteiger partial charge is 0.394 e. The lowest BCUT2D eigenvalue weighted by molar-refractivity contribution is -0.157. The van der Waals surface area contributed by atoms with Gasteiger partial charge < -0.3 is 29.3 Å². The second-order valence-electron chi connectivity index (χ2n) is 12.2. The lowest BCUT2D eigenvalue weighted by Gasteiger charge is -2.41. The van der Waals surface area contributed by atoms with Crippen LogP contribution in [0.5, 0.6) is 0 Å². The van der Waals surface area contributed by atoms with Gasteiger partial charge in [0, 0.05) is 46.3 Å². The van der Waals surface area contributed by atoms with E-state index in [2.05, 4.69) is 4.90 Å². The molecule has 1 spiro atoms. The normalized spacial score (nSPS) is 33.8. The molecule has 0 radical (unpaired) electrons. The van der Waals surface area contributed by atoms with Crippen LogP contribution in [0.25, 0.3) is 0 Å². The molecule has 1 aromatic carbocycles. The van der Waals surface area contributed by atoms with E-state index < -0.39 is 35.1 Å². The number of carbonyl (C=O) groups is 3. The van der Waals surface area contributed by atoms with Gasteiger partial charge in [-0.15, -0.1) is 0 Å². The van der Waals surface area contributed by atoms with Crippen molar-refractivity contribution in [1.29, 1.82) is 0 Å². The Kier molecular flexibility index (Phi) is 7.99. The number of hydrogen-bond donors (Lipinski definition) is 1. The third-order valence-corrected chi connectivity index (χ3v) is 9.87. The molecule has 6 atom stereocenters. The summed E-state index contributed by atoms with van der Waals surface area (Å²) in [6, 6.07) is 8.02. The highest BCUT2D eigenvalue weighted by atomic mass is 16.5. The second-order valence-corrected chi connectivity index (χ2v) is 12.2. The first-order valence-electron chi connectivity index (χ1n) is 15.2. The van der Waals surface area contributed by atoms with Crippen LogP contribution in [0.4, 0.5) is 0 Å². The fourth-order valence-electron chi connectivity index (χ4n) is 7.69. The molecule has 5 heterocycles. The summed E-state index contributed by atoms with van der Waals surface area (Å²) in [6.07, 6.45) is 8.55.